The van der Waals surface area contributed by atoms with Gasteiger partial charge >= 0.3 is 0 Å². The molecule has 0 saturated heterocycles. The molecule has 2 aromatic rings. The maximum atomic E-state index is 12.3. The van der Waals surface area contributed by atoms with Gasteiger partial charge in [0.1, 0.15) is 17.2 Å². The highest BCUT2D eigenvalue weighted by molar-refractivity contribution is 6.04. The minimum Gasteiger partial charge on any atom is -0.497 e. The normalized spacial score (nSPS) is 15.6. The van der Waals surface area contributed by atoms with Gasteiger partial charge in [-0.1, -0.05) is 18.2 Å². The monoisotopic (exact) mass is 340 g/mol. The van der Waals surface area contributed by atoms with Gasteiger partial charge in [-0.05, 0) is 43.2 Å². The topological polar surface area (TPSA) is 76.7 Å². The fourth-order valence-electron chi connectivity index (χ4n) is 2.59. The average molecular weight is 340 g/mol. The van der Waals surface area contributed by atoms with Crippen LogP contribution in [0.25, 0.3) is 0 Å². The predicted octanol–water partition coefficient (Wildman–Crippen LogP) is 2.99. The van der Waals surface area contributed by atoms with E-state index < -0.39 is 6.10 Å². The summed E-state index contributed by atoms with van der Waals surface area (Å²) in [6.45, 7) is 1.68. The number of benzene rings is 2. The van der Waals surface area contributed by atoms with Crippen molar-refractivity contribution in [1.82, 2.24) is 0 Å². The van der Waals surface area contributed by atoms with Crippen LogP contribution in [0, 0.1) is 0 Å². The van der Waals surface area contributed by atoms with Gasteiger partial charge < -0.3 is 20.1 Å². The first kappa shape index (κ1) is 16.8. The molecule has 0 aromatic heterocycles. The summed E-state index contributed by atoms with van der Waals surface area (Å²) in [6.07, 6.45) is 0.403. The molecule has 1 heterocycles. The number of para-hydroxylation sites is 1. The molecule has 1 unspecified atom stereocenters. The predicted molar refractivity (Wildman–Crippen MR) is 95.1 cm³/mol. The molecule has 1 atom stereocenters. The van der Waals surface area contributed by atoms with Crippen LogP contribution in [0.2, 0.25) is 0 Å². The number of hydrogen-bond acceptors (Lipinski definition) is 4. The van der Waals surface area contributed by atoms with E-state index in [1.54, 1.807) is 32.2 Å². The van der Waals surface area contributed by atoms with Crippen molar-refractivity contribution < 1.29 is 19.1 Å². The molecule has 0 aliphatic carbocycles. The lowest BCUT2D eigenvalue weighted by atomic mass is 10.1. The molecule has 0 radical (unpaired) electrons. The van der Waals surface area contributed by atoms with Crippen LogP contribution in [0.1, 0.15) is 18.9 Å². The van der Waals surface area contributed by atoms with E-state index in [-0.39, 0.29) is 11.8 Å². The smallest absolute Gasteiger partial charge is 0.265 e. The van der Waals surface area contributed by atoms with Crippen LogP contribution < -0.4 is 20.1 Å². The van der Waals surface area contributed by atoms with Crippen molar-refractivity contribution in [2.75, 3.05) is 17.7 Å². The molecule has 0 fully saturated rings. The zero-order valence-corrected chi connectivity index (χ0v) is 14.2. The van der Waals surface area contributed by atoms with E-state index in [0.29, 0.717) is 30.0 Å². The highest BCUT2D eigenvalue weighted by Crippen LogP contribution is 2.36. The summed E-state index contributed by atoms with van der Waals surface area (Å²) in [6, 6.07) is 12.9. The van der Waals surface area contributed by atoms with E-state index in [2.05, 4.69) is 10.6 Å². The van der Waals surface area contributed by atoms with Crippen molar-refractivity contribution in [2.24, 2.45) is 0 Å². The number of ether oxygens (including phenoxy) is 2. The number of aryl methyl sites for hydroxylation is 1. The van der Waals surface area contributed by atoms with Crippen LogP contribution in [-0.2, 0) is 16.0 Å². The Morgan fingerprint density at radius 3 is 2.72 bits per heavy atom. The summed E-state index contributed by atoms with van der Waals surface area (Å²) in [5, 5.41) is 5.62. The molecule has 2 N–H and O–H groups in total. The summed E-state index contributed by atoms with van der Waals surface area (Å²) in [4.78, 5) is 24.0. The fourth-order valence-corrected chi connectivity index (χ4v) is 2.59. The van der Waals surface area contributed by atoms with Crippen LogP contribution >= 0.6 is 0 Å². The Balaban J connectivity index is 1.63. The molecular weight excluding hydrogens is 320 g/mol. The lowest BCUT2D eigenvalue weighted by molar-refractivity contribution is -0.122. The van der Waals surface area contributed by atoms with E-state index in [0.717, 1.165) is 11.3 Å². The van der Waals surface area contributed by atoms with Crippen molar-refractivity contribution >= 4 is 23.2 Å². The summed E-state index contributed by atoms with van der Waals surface area (Å²) >= 11 is 0. The molecule has 25 heavy (non-hydrogen) atoms. The molecule has 1 aliphatic heterocycles. The van der Waals surface area contributed by atoms with Crippen molar-refractivity contribution in [1.29, 1.82) is 0 Å². The lowest BCUT2D eigenvalue weighted by Gasteiger charge is -2.25. The molecule has 0 bridgehead atoms. The van der Waals surface area contributed by atoms with Gasteiger partial charge in [-0.2, -0.15) is 0 Å². The number of anilines is 2. The molecule has 0 spiro atoms. The molecule has 3 rings (SSSR count). The van der Waals surface area contributed by atoms with Gasteiger partial charge in [0.2, 0.25) is 5.91 Å². The van der Waals surface area contributed by atoms with Gasteiger partial charge in [0.15, 0.2) is 6.10 Å². The first-order valence-electron chi connectivity index (χ1n) is 8.10. The lowest BCUT2D eigenvalue weighted by Crippen LogP contribution is -2.34. The standard InChI is InChI=1S/C19H20N2O4/c1-12-19(23)21-18-15(4-3-5-16(18)25-12)20-17(22)11-8-13-6-9-14(24-2)10-7-13/h3-7,9-10,12H,8,11H2,1-2H3,(H,20,22)(H,21,23). The van der Waals surface area contributed by atoms with Crippen molar-refractivity contribution in [3.8, 4) is 11.5 Å². The number of rotatable bonds is 5. The number of hydrogen-bond donors (Lipinski definition) is 2. The number of methoxy groups -OCH3 is 1. The molecule has 6 heteroatoms. The Morgan fingerprint density at radius 2 is 2.00 bits per heavy atom. The number of carbonyl (C=O) groups excluding carboxylic acids is 2. The van der Waals surface area contributed by atoms with E-state index in [1.807, 2.05) is 24.3 Å². The van der Waals surface area contributed by atoms with E-state index in [1.165, 1.54) is 0 Å². The van der Waals surface area contributed by atoms with Gasteiger partial charge in [-0.15, -0.1) is 0 Å². The van der Waals surface area contributed by atoms with Crippen LogP contribution in [-0.4, -0.2) is 25.0 Å². The second-order valence-electron chi connectivity index (χ2n) is 5.82. The summed E-state index contributed by atoms with van der Waals surface area (Å²) < 4.78 is 10.7. The minimum atomic E-state index is -0.548. The van der Waals surface area contributed by atoms with Gasteiger partial charge in [-0.3, -0.25) is 9.59 Å². The van der Waals surface area contributed by atoms with E-state index in [4.69, 9.17) is 9.47 Å². The van der Waals surface area contributed by atoms with Gasteiger partial charge in [-0.25, -0.2) is 0 Å². The number of amides is 2. The maximum Gasteiger partial charge on any atom is 0.265 e. The van der Waals surface area contributed by atoms with Crippen molar-refractivity contribution in [2.45, 2.75) is 25.9 Å². The summed E-state index contributed by atoms with van der Waals surface area (Å²) in [7, 11) is 1.62. The zero-order chi connectivity index (χ0) is 17.8. The SMILES string of the molecule is COc1ccc(CCC(=O)Nc2cccc3c2NC(=O)C(C)O3)cc1. The highest BCUT2D eigenvalue weighted by atomic mass is 16.5. The van der Waals surface area contributed by atoms with Crippen LogP contribution in [0.3, 0.4) is 0 Å². The van der Waals surface area contributed by atoms with Gasteiger partial charge in [0.05, 0.1) is 12.8 Å². The molecule has 130 valence electrons. The van der Waals surface area contributed by atoms with E-state index in [9.17, 15) is 9.59 Å². The first-order valence-corrected chi connectivity index (χ1v) is 8.10. The first-order chi connectivity index (χ1) is 12.1. The molecule has 2 amide bonds. The molecule has 6 nitrogen and oxygen atoms in total. The Hall–Kier alpha value is -3.02. The minimum absolute atomic E-state index is 0.128. The Morgan fingerprint density at radius 1 is 1.24 bits per heavy atom. The number of fused-ring (bicyclic) bond motifs is 1. The third-order valence-corrected chi connectivity index (χ3v) is 4.02. The van der Waals surface area contributed by atoms with Crippen molar-refractivity contribution in [3.05, 3.63) is 48.0 Å². The second kappa shape index (κ2) is 7.25. The Labute approximate surface area is 146 Å². The second-order valence-corrected chi connectivity index (χ2v) is 5.82. The van der Waals surface area contributed by atoms with Gasteiger partial charge in [0.25, 0.3) is 5.91 Å². The van der Waals surface area contributed by atoms with Crippen LogP contribution in [0.4, 0.5) is 11.4 Å². The molecular formula is C19H20N2O4. The summed E-state index contributed by atoms with van der Waals surface area (Å²) in [5.41, 5.74) is 2.09. The number of carbonyl (C=O) groups is 2. The Bertz CT molecular complexity index is 787. The van der Waals surface area contributed by atoms with Crippen LogP contribution in [0.5, 0.6) is 11.5 Å². The largest absolute Gasteiger partial charge is 0.497 e. The average Bonchev–Trinajstić information content (AvgIpc) is 2.62. The van der Waals surface area contributed by atoms with Crippen molar-refractivity contribution in [3.63, 3.8) is 0 Å². The summed E-state index contributed by atoms with van der Waals surface area (Å²) in [5.74, 6) is 0.985. The molecule has 2 aromatic carbocycles. The third-order valence-electron chi connectivity index (χ3n) is 4.02. The third kappa shape index (κ3) is 3.91. The maximum absolute atomic E-state index is 12.3. The molecule has 0 saturated carbocycles. The zero-order valence-electron chi connectivity index (χ0n) is 14.2. The fraction of sp³-hybridized carbons (Fsp3) is 0.263. The van der Waals surface area contributed by atoms with E-state index >= 15 is 0 Å². The quantitative estimate of drug-likeness (QED) is 0.877. The highest BCUT2D eigenvalue weighted by Gasteiger charge is 2.25. The van der Waals surface area contributed by atoms with Gasteiger partial charge in [0, 0.05) is 6.42 Å². The Kier molecular flexibility index (Phi) is 4.88. The van der Waals surface area contributed by atoms with Crippen LogP contribution in [0.15, 0.2) is 42.5 Å². The number of nitrogens with one attached hydrogen (secondary N) is 2. The molecule has 1 aliphatic rings.